The standard InChI is InChI=1S/C23H26N6OS/c1-31-19-9-5-8-18(14-19)26-22(30)16-10-12-29(13-11-16)21-15-20(27-23(24)28-21)25-17-6-3-2-4-7-17/h2-9,14-16H,10-13H2,1H3,(H,26,30)(H3,24,25,27,28). The predicted octanol–water partition coefficient (Wildman–Crippen LogP) is 4.38. The summed E-state index contributed by atoms with van der Waals surface area (Å²) in [5, 5.41) is 6.32. The number of aromatic nitrogens is 2. The Balaban J connectivity index is 1.37. The van der Waals surface area contributed by atoms with Crippen LogP contribution in [0.1, 0.15) is 12.8 Å². The molecule has 2 aromatic carbocycles. The van der Waals surface area contributed by atoms with Crippen LogP contribution in [0.15, 0.2) is 65.6 Å². The zero-order chi connectivity index (χ0) is 21.6. The van der Waals surface area contributed by atoms with Crippen molar-refractivity contribution in [3.8, 4) is 0 Å². The second-order valence-electron chi connectivity index (χ2n) is 7.44. The SMILES string of the molecule is CSc1cccc(NC(=O)C2CCN(c3cc(Nc4ccccc4)nc(N)n3)CC2)c1. The second kappa shape index (κ2) is 9.70. The largest absolute Gasteiger partial charge is 0.368 e. The summed E-state index contributed by atoms with van der Waals surface area (Å²) in [6.45, 7) is 1.48. The number of piperidine rings is 1. The summed E-state index contributed by atoms with van der Waals surface area (Å²) in [4.78, 5) is 24.7. The highest BCUT2D eigenvalue weighted by atomic mass is 32.2. The zero-order valence-electron chi connectivity index (χ0n) is 17.4. The Morgan fingerprint density at radius 1 is 1.03 bits per heavy atom. The van der Waals surface area contributed by atoms with Gasteiger partial charge in [0.05, 0.1) is 0 Å². The van der Waals surface area contributed by atoms with E-state index in [1.54, 1.807) is 11.8 Å². The summed E-state index contributed by atoms with van der Waals surface area (Å²) in [6.07, 6.45) is 3.55. The number of hydrogen-bond acceptors (Lipinski definition) is 7. The highest BCUT2D eigenvalue weighted by Crippen LogP contribution is 2.27. The molecule has 2 heterocycles. The van der Waals surface area contributed by atoms with Crippen molar-refractivity contribution in [1.82, 2.24) is 9.97 Å². The fourth-order valence-electron chi connectivity index (χ4n) is 3.66. The molecular weight excluding hydrogens is 408 g/mol. The summed E-state index contributed by atoms with van der Waals surface area (Å²) in [5.41, 5.74) is 7.73. The zero-order valence-corrected chi connectivity index (χ0v) is 18.2. The second-order valence-corrected chi connectivity index (χ2v) is 8.32. The fraction of sp³-hybridized carbons (Fsp3) is 0.261. The number of amides is 1. The van der Waals surface area contributed by atoms with Gasteiger partial charge in [-0.3, -0.25) is 4.79 Å². The monoisotopic (exact) mass is 434 g/mol. The number of rotatable bonds is 6. The number of thioether (sulfide) groups is 1. The first-order chi connectivity index (χ1) is 15.1. The molecule has 1 amide bonds. The van der Waals surface area contributed by atoms with Gasteiger partial charge in [0.2, 0.25) is 11.9 Å². The molecule has 0 unspecified atom stereocenters. The summed E-state index contributed by atoms with van der Waals surface area (Å²) < 4.78 is 0. The van der Waals surface area contributed by atoms with Gasteiger partial charge in [-0.2, -0.15) is 9.97 Å². The van der Waals surface area contributed by atoms with E-state index in [-0.39, 0.29) is 17.8 Å². The van der Waals surface area contributed by atoms with E-state index in [9.17, 15) is 4.79 Å². The highest BCUT2D eigenvalue weighted by molar-refractivity contribution is 7.98. The minimum absolute atomic E-state index is 0.0183. The number of carbonyl (C=O) groups is 1. The molecule has 8 heteroatoms. The Hall–Kier alpha value is -3.26. The van der Waals surface area contributed by atoms with Crippen LogP contribution in [0.2, 0.25) is 0 Å². The van der Waals surface area contributed by atoms with Crippen molar-refractivity contribution in [3.05, 3.63) is 60.7 Å². The van der Waals surface area contributed by atoms with Gasteiger partial charge < -0.3 is 21.3 Å². The average Bonchev–Trinajstić information content (AvgIpc) is 2.79. The van der Waals surface area contributed by atoms with E-state index >= 15 is 0 Å². The van der Waals surface area contributed by atoms with E-state index in [0.717, 1.165) is 48.0 Å². The van der Waals surface area contributed by atoms with Gasteiger partial charge in [0.15, 0.2) is 0 Å². The Morgan fingerprint density at radius 2 is 1.77 bits per heavy atom. The van der Waals surface area contributed by atoms with E-state index in [1.165, 1.54) is 0 Å². The van der Waals surface area contributed by atoms with Crippen LogP contribution in [0.3, 0.4) is 0 Å². The van der Waals surface area contributed by atoms with Crippen molar-refractivity contribution in [2.24, 2.45) is 5.92 Å². The molecule has 0 radical (unpaired) electrons. The number of nitrogens with two attached hydrogens (primary N) is 1. The summed E-state index contributed by atoms with van der Waals surface area (Å²) >= 11 is 1.66. The van der Waals surface area contributed by atoms with Crippen molar-refractivity contribution < 1.29 is 4.79 Å². The lowest BCUT2D eigenvalue weighted by Gasteiger charge is -2.32. The lowest BCUT2D eigenvalue weighted by Crippen LogP contribution is -2.38. The van der Waals surface area contributed by atoms with Gasteiger partial charge in [-0.05, 0) is 49.4 Å². The Kier molecular flexibility index (Phi) is 6.57. The Bertz CT molecular complexity index is 1040. The molecule has 160 valence electrons. The molecule has 0 atom stereocenters. The molecule has 0 bridgehead atoms. The van der Waals surface area contributed by atoms with E-state index in [2.05, 4.69) is 25.5 Å². The minimum Gasteiger partial charge on any atom is -0.368 e. The molecule has 0 spiro atoms. The number of nitrogen functional groups attached to an aromatic ring is 1. The normalized spacial score (nSPS) is 14.3. The maximum absolute atomic E-state index is 12.7. The molecule has 1 fully saturated rings. The van der Waals surface area contributed by atoms with Crippen LogP contribution in [0.4, 0.5) is 29.0 Å². The Labute approximate surface area is 186 Å². The number of carbonyl (C=O) groups excluding carboxylic acids is 1. The van der Waals surface area contributed by atoms with Gasteiger partial charge in [-0.15, -0.1) is 11.8 Å². The molecule has 31 heavy (non-hydrogen) atoms. The topological polar surface area (TPSA) is 96.2 Å². The summed E-state index contributed by atoms with van der Waals surface area (Å²) in [5.74, 6) is 1.71. The third-order valence-electron chi connectivity index (χ3n) is 5.30. The van der Waals surface area contributed by atoms with Crippen LogP contribution in [0.25, 0.3) is 0 Å². The first kappa shape index (κ1) is 21.0. The van der Waals surface area contributed by atoms with E-state index in [4.69, 9.17) is 5.73 Å². The number of hydrogen-bond donors (Lipinski definition) is 3. The Morgan fingerprint density at radius 3 is 2.52 bits per heavy atom. The van der Waals surface area contributed by atoms with Crippen LogP contribution < -0.4 is 21.3 Å². The molecule has 1 aromatic heterocycles. The molecule has 0 aliphatic carbocycles. The van der Waals surface area contributed by atoms with Crippen LogP contribution in [0, 0.1) is 5.92 Å². The quantitative estimate of drug-likeness (QED) is 0.496. The molecule has 3 aromatic rings. The molecule has 1 aliphatic rings. The lowest BCUT2D eigenvalue weighted by molar-refractivity contribution is -0.120. The first-order valence-electron chi connectivity index (χ1n) is 10.3. The number of nitrogens with one attached hydrogen (secondary N) is 2. The minimum atomic E-state index is -0.0183. The number of nitrogens with zero attached hydrogens (tertiary/aromatic N) is 3. The van der Waals surface area contributed by atoms with E-state index in [1.807, 2.05) is 66.9 Å². The average molecular weight is 435 g/mol. The molecule has 4 rings (SSSR count). The third kappa shape index (κ3) is 5.46. The third-order valence-corrected chi connectivity index (χ3v) is 6.03. The van der Waals surface area contributed by atoms with E-state index < -0.39 is 0 Å². The van der Waals surface area contributed by atoms with Crippen LogP contribution in [-0.2, 0) is 4.79 Å². The van der Waals surface area contributed by atoms with Gasteiger partial charge in [0.25, 0.3) is 0 Å². The highest BCUT2D eigenvalue weighted by Gasteiger charge is 2.26. The molecule has 4 N–H and O–H groups in total. The lowest BCUT2D eigenvalue weighted by atomic mass is 9.96. The van der Waals surface area contributed by atoms with Gasteiger partial charge >= 0.3 is 0 Å². The smallest absolute Gasteiger partial charge is 0.227 e. The van der Waals surface area contributed by atoms with Gasteiger partial charge in [0.1, 0.15) is 11.6 Å². The predicted molar refractivity (Wildman–Crippen MR) is 128 cm³/mol. The van der Waals surface area contributed by atoms with Crippen LogP contribution in [-0.4, -0.2) is 35.2 Å². The maximum Gasteiger partial charge on any atom is 0.227 e. The molecule has 1 saturated heterocycles. The van der Waals surface area contributed by atoms with Crippen molar-refractivity contribution in [1.29, 1.82) is 0 Å². The number of anilines is 5. The molecule has 0 saturated carbocycles. The van der Waals surface area contributed by atoms with Crippen molar-refractivity contribution >= 4 is 46.6 Å². The molecule has 7 nitrogen and oxygen atoms in total. The van der Waals surface area contributed by atoms with Gasteiger partial charge in [0, 0.05) is 41.3 Å². The summed E-state index contributed by atoms with van der Waals surface area (Å²) in [6, 6.07) is 19.6. The molecular formula is C23H26N6OS. The maximum atomic E-state index is 12.7. The van der Waals surface area contributed by atoms with E-state index in [0.29, 0.717) is 5.82 Å². The fourth-order valence-corrected chi connectivity index (χ4v) is 4.12. The van der Waals surface area contributed by atoms with Crippen molar-refractivity contribution in [3.63, 3.8) is 0 Å². The first-order valence-corrected chi connectivity index (χ1v) is 11.5. The van der Waals surface area contributed by atoms with Crippen molar-refractivity contribution in [2.75, 3.05) is 40.6 Å². The van der Waals surface area contributed by atoms with Crippen LogP contribution in [0.5, 0.6) is 0 Å². The number of benzene rings is 2. The molecule has 1 aliphatic heterocycles. The number of para-hydroxylation sites is 1. The van der Waals surface area contributed by atoms with Gasteiger partial charge in [-0.25, -0.2) is 0 Å². The summed E-state index contributed by atoms with van der Waals surface area (Å²) in [7, 11) is 0. The van der Waals surface area contributed by atoms with Gasteiger partial charge in [-0.1, -0.05) is 24.3 Å². The van der Waals surface area contributed by atoms with Crippen molar-refractivity contribution in [2.45, 2.75) is 17.7 Å². The van der Waals surface area contributed by atoms with Crippen LogP contribution >= 0.6 is 11.8 Å².